The zero-order valence-electron chi connectivity index (χ0n) is 14.7. The van der Waals surface area contributed by atoms with Gasteiger partial charge in [-0.2, -0.15) is 0 Å². The number of imide groups is 1. The standard InChI is InChI=1S/C22H16ClNO4/c23-16-3-1-2-4-17(16)28-22(27)12-7-9-15(10-8-12)24-20(25)18-13-5-6-14(11-13)19(18)21(24)26/h1-10,13-14,18-19H,11H2. The molecule has 3 aliphatic rings. The smallest absolute Gasteiger partial charge is 0.343 e. The molecule has 0 aromatic heterocycles. The number of hydrogen-bond acceptors (Lipinski definition) is 4. The van der Waals surface area contributed by atoms with Crippen molar-refractivity contribution < 1.29 is 19.1 Å². The molecule has 1 saturated carbocycles. The summed E-state index contributed by atoms with van der Waals surface area (Å²) < 4.78 is 5.31. The minimum atomic E-state index is -0.558. The van der Waals surface area contributed by atoms with Crippen molar-refractivity contribution in [1.82, 2.24) is 0 Å². The maximum atomic E-state index is 12.9. The first kappa shape index (κ1) is 17.2. The first-order valence-electron chi connectivity index (χ1n) is 9.17. The lowest BCUT2D eigenvalue weighted by atomic mass is 9.85. The fraction of sp³-hybridized carbons (Fsp3) is 0.227. The van der Waals surface area contributed by atoms with Gasteiger partial charge in [-0.05, 0) is 54.7 Å². The van der Waals surface area contributed by atoms with Gasteiger partial charge in [-0.25, -0.2) is 4.79 Å². The third-order valence-electron chi connectivity index (χ3n) is 5.87. The van der Waals surface area contributed by atoms with E-state index in [0.717, 1.165) is 6.42 Å². The number of para-hydroxylation sites is 1. The van der Waals surface area contributed by atoms with Crippen LogP contribution in [0.3, 0.4) is 0 Å². The third kappa shape index (κ3) is 2.50. The van der Waals surface area contributed by atoms with Gasteiger partial charge in [-0.15, -0.1) is 0 Å². The zero-order valence-corrected chi connectivity index (χ0v) is 15.5. The molecule has 2 aliphatic carbocycles. The summed E-state index contributed by atoms with van der Waals surface area (Å²) in [5, 5.41) is 0.343. The number of rotatable bonds is 3. The largest absolute Gasteiger partial charge is 0.421 e. The van der Waals surface area contributed by atoms with Crippen LogP contribution in [-0.4, -0.2) is 17.8 Å². The first-order valence-corrected chi connectivity index (χ1v) is 9.55. The summed E-state index contributed by atoms with van der Waals surface area (Å²) >= 11 is 6.01. The van der Waals surface area contributed by atoms with Crippen molar-refractivity contribution >= 4 is 35.1 Å². The first-order chi connectivity index (χ1) is 13.5. The molecular weight excluding hydrogens is 378 g/mol. The van der Waals surface area contributed by atoms with Crippen molar-refractivity contribution in [2.45, 2.75) is 6.42 Å². The van der Waals surface area contributed by atoms with Crippen molar-refractivity contribution in [3.05, 3.63) is 71.3 Å². The van der Waals surface area contributed by atoms with E-state index in [9.17, 15) is 14.4 Å². The van der Waals surface area contributed by atoms with E-state index in [0.29, 0.717) is 16.3 Å². The Morgan fingerprint density at radius 3 is 2.14 bits per heavy atom. The normalized spacial score (nSPS) is 27.4. The third-order valence-corrected chi connectivity index (χ3v) is 6.18. The Hall–Kier alpha value is -2.92. The van der Waals surface area contributed by atoms with E-state index in [4.69, 9.17) is 16.3 Å². The average molecular weight is 394 g/mol. The van der Waals surface area contributed by atoms with Gasteiger partial charge < -0.3 is 4.74 Å². The maximum Gasteiger partial charge on any atom is 0.343 e. The van der Waals surface area contributed by atoms with Gasteiger partial charge >= 0.3 is 5.97 Å². The number of fused-ring (bicyclic) bond motifs is 5. The van der Waals surface area contributed by atoms with Crippen LogP contribution >= 0.6 is 11.6 Å². The lowest BCUT2D eigenvalue weighted by Gasteiger charge is -2.17. The summed E-state index contributed by atoms with van der Waals surface area (Å²) in [4.78, 5) is 39.3. The summed E-state index contributed by atoms with van der Waals surface area (Å²) in [5.41, 5.74) is 0.794. The fourth-order valence-corrected chi connectivity index (χ4v) is 4.76. The second-order valence-corrected chi connectivity index (χ2v) is 7.79. The molecular formula is C22H16ClNO4. The fourth-order valence-electron chi connectivity index (χ4n) is 4.59. The number of benzene rings is 2. The Balaban J connectivity index is 1.36. The Kier molecular flexibility index (Phi) is 3.88. The lowest BCUT2D eigenvalue weighted by molar-refractivity contribution is -0.123. The monoisotopic (exact) mass is 393 g/mol. The zero-order chi connectivity index (χ0) is 19.4. The molecule has 4 unspecified atom stereocenters. The SMILES string of the molecule is O=C(Oc1ccccc1Cl)c1ccc(N2C(=O)C3C4C=CC(C4)C3C2=O)cc1. The van der Waals surface area contributed by atoms with E-state index < -0.39 is 5.97 Å². The van der Waals surface area contributed by atoms with E-state index in [1.165, 1.54) is 4.90 Å². The highest BCUT2D eigenvalue weighted by atomic mass is 35.5. The molecule has 1 heterocycles. The number of esters is 1. The van der Waals surface area contributed by atoms with Crippen molar-refractivity contribution in [2.75, 3.05) is 4.90 Å². The number of anilines is 1. The number of allylic oxidation sites excluding steroid dienone is 2. The molecule has 5 nitrogen and oxygen atoms in total. The minimum absolute atomic E-state index is 0.141. The van der Waals surface area contributed by atoms with E-state index in [1.54, 1.807) is 48.5 Å². The topological polar surface area (TPSA) is 63.7 Å². The van der Waals surface area contributed by atoms with Crippen LogP contribution in [0.5, 0.6) is 5.75 Å². The van der Waals surface area contributed by atoms with E-state index in [2.05, 4.69) is 12.2 Å². The van der Waals surface area contributed by atoms with Crippen LogP contribution in [0, 0.1) is 23.7 Å². The average Bonchev–Trinajstić information content (AvgIpc) is 3.38. The highest BCUT2D eigenvalue weighted by Crippen LogP contribution is 2.53. The number of carbonyl (C=O) groups is 3. The predicted octanol–water partition coefficient (Wildman–Crippen LogP) is 3.87. The summed E-state index contributed by atoms with van der Waals surface area (Å²) in [5.74, 6) is -0.712. The molecule has 0 spiro atoms. The Bertz CT molecular complexity index is 999. The van der Waals surface area contributed by atoms with Gasteiger partial charge in [0, 0.05) is 0 Å². The second kappa shape index (κ2) is 6.31. The van der Waals surface area contributed by atoms with E-state index >= 15 is 0 Å². The summed E-state index contributed by atoms with van der Waals surface area (Å²) in [6.45, 7) is 0. The van der Waals surface area contributed by atoms with Crippen LogP contribution in [0.4, 0.5) is 5.69 Å². The number of amides is 2. The Labute approximate surface area is 166 Å². The molecule has 2 bridgehead atoms. The molecule has 0 N–H and O–H groups in total. The van der Waals surface area contributed by atoms with Gasteiger partial charge in [0.2, 0.25) is 11.8 Å². The predicted molar refractivity (Wildman–Crippen MR) is 103 cm³/mol. The molecule has 140 valence electrons. The number of nitrogens with zero attached hydrogens (tertiary/aromatic N) is 1. The van der Waals surface area contributed by atoms with Gasteiger partial charge in [0.1, 0.15) is 5.75 Å². The Morgan fingerprint density at radius 1 is 0.929 bits per heavy atom. The highest BCUT2D eigenvalue weighted by Gasteiger charge is 2.59. The molecule has 2 amide bonds. The van der Waals surface area contributed by atoms with Gasteiger partial charge in [0.25, 0.3) is 0 Å². The number of carbonyl (C=O) groups excluding carboxylic acids is 3. The minimum Gasteiger partial charge on any atom is -0.421 e. The Morgan fingerprint density at radius 2 is 1.54 bits per heavy atom. The van der Waals surface area contributed by atoms with Crippen molar-refractivity contribution in [3.63, 3.8) is 0 Å². The van der Waals surface area contributed by atoms with E-state index in [-0.39, 0.29) is 41.2 Å². The maximum absolute atomic E-state index is 12.9. The lowest BCUT2D eigenvalue weighted by Crippen LogP contribution is -2.32. The highest BCUT2D eigenvalue weighted by molar-refractivity contribution is 6.32. The van der Waals surface area contributed by atoms with Crippen LogP contribution in [0.2, 0.25) is 5.02 Å². The van der Waals surface area contributed by atoms with Gasteiger partial charge in [-0.3, -0.25) is 14.5 Å². The molecule has 0 radical (unpaired) electrons. The molecule has 6 heteroatoms. The molecule has 5 rings (SSSR count). The van der Waals surface area contributed by atoms with E-state index in [1.807, 2.05) is 0 Å². The van der Waals surface area contributed by atoms with Crippen LogP contribution < -0.4 is 9.64 Å². The van der Waals surface area contributed by atoms with Crippen LogP contribution in [0.15, 0.2) is 60.7 Å². The molecule has 4 atom stereocenters. The molecule has 2 fully saturated rings. The molecule has 28 heavy (non-hydrogen) atoms. The van der Waals surface area contributed by atoms with Crippen LogP contribution in [0.25, 0.3) is 0 Å². The summed E-state index contributed by atoms with van der Waals surface area (Å²) in [6, 6.07) is 13.0. The second-order valence-electron chi connectivity index (χ2n) is 7.38. The number of hydrogen-bond donors (Lipinski definition) is 0. The van der Waals surface area contributed by atoms with Crippen molar-refractivity contribution in [1.29, 1.82) is 0 Å². The molecule has 1 aliphatic heterocycles. The van der Waals surface area contributed by atoms with Crippen molar-refractivity contribution in [3.8, 4) is 5.75 Å². The van der Waals surface area contributed by atoms with Gasteiger partial charge in [0.15, 0.2) is 0 Å². The molecule has 2 aromatic carbocycles. The summed E-state index contributed by atoms with van der Waals surface area (Å²) in [6.07, 6.45) is 5.02. The van der Waals surface area contributed by atoms with Crippen LogP contribution in [0.1, 0.15) is 16.8 Å². The summed E-state index contributed by atoms with van der Waals surface area (Å²) in [7, 11) is 0. The quantitative estimate of drug-likeness (QED) is 0.343. The van der Waals surface area contributed by atoms with Crippen LogP contribution in [-0.2, 0) is 9.59 Å². The number of halogens is 1. The van der Waals surface area contributed by atoms with Gasteiger partial charge in [-0.1, -0.05) is 35.9 Å². The van der Waals surface area contributed by atoms with Crippen molar-refractivity contribution in [2.24, 2.45) is 23.7 Å². The number of ether oxygens (including phenoxy) is 1. The molecule has 1 saturated heterocycles. The molecule has 2 aromatic rings. The van der Waals surface area contributed by atoms with Gasteiger partial charge in [0.05, 0.1) is 28.1 Å².